The molecule has 0 spiro atoms. The highest BCUT2D eigenvalue weighted by Gasteiger charge is 2.23. The van der Waals surface area contributed by atoms with Gasteiger partial charge in [0.25, 0.3) is 0 Å². The number of furan rings is 1. The average Bonchev–Trinajstić information content (AvgIpc) is 2.82. The highest BCUT2D eigenvalue weighted by atomic mass is 19.1. The number of hydrogen-bond acceptors (Lipinski definition) is 3. The van der Waals surface area contributed by atoms with Crippen LogP contribution in [0, 0.1) is 12.7 Å². The van der Waals surface area contributed by atoms with E-state index < -0.39 is 0 Å². The molecule has 0 saturated carbocycles. The molecule has 1 aromatic carbocycles. The van der Waals surface area contributed by atoms with Gasteiger partial charge in [-0.05, 0) is 19.1 Å². The predicted molar refractivity (Wildman–Crippen MR) is 69.5 cm³/mol. The summed E-state index contributed by atoms with van der Waals surface area (Å²) in [6, 6.07) is 7.14. The Kier molecular flexibility index (Phi) is 3.25. The summed E-state index contributed by atoms with van der Waals surface area (Å²) >= 11 is 0. The van der Waals surface area contributed by atoms with Crippen molar-refractivity contribution in [3.63, 3.8) is 0 Å². The Morgan fingerprint density at radius 1 is 1.37 bits per heavy atom. The van der Waals surface area contributed by atoms with Crippen molar-refractivity contribution in [1.29, 1.82) is 0 Å². The van der Waals surface area contributed by atoms with Gasteiger partial charge in [-0.15, -0.1) is 0 Å². The third-order valence-corrected chi connectivity index (χ3v) is 3.53. The summed E-state index contributed by atoms with van der Waals surface area (Å²) < 4.78 is 24.3. The van der Waals surface area contributed by atoms with Crippen molar-refractivity contribution in [2.45, 2.75) is 25.9 Å². The van der Waals surface area contributed by atoms with E-state index in [0.717, 1.165) is 23.3 Å². The van der Waals surface area contributed by atoms with Crippen molar-refractivity contribution >= 4 is 0 Å². The average molecular weight is 261 g/mol. The van der Waals surface area contributed by atoms with Gasteiger partial charge in [0, 0.05) is 30.1 Å². The first kappa shape index (κ1) is 12.2. The second-order valence-corrected chi connectivity index (χ2v) is 4.73. The summed E-state index contributed by atoms with van der Waals surface area (Å²) in [4.78, 5) is 0. The van der Waals surface area contributed by atoms with E-state index in [2.05, 4.69) is 5.32 Å². The molecule has 1 atom stereocenters. The van der Waals surface area contributed by atoms with Gasteiger partial charge < -0.3 is 14.5 Å². The molecule has 0 bridgehead atoms. The van der Waals surface area contributed by atoms with E-state index in [9.17, 15) is 4.39 Å². The normalized spacial score (nSPS) is 17.9. The van der Waals surface area contributed by atoms with E-state index in [1.54, 1.807) is 12.3 Å². The first-order valence-corrected chi connectivity index (χ1v) is 6.43. The van der Waals surface area contributed by atoms with Gasteiger partial charge in [0.1, 0.15) is 5.76 Å². The molecule has 0 unspecified atom stereocenters. The van der Waals surface area contributed by atoms with Gasteiger partial charge in [-0.25, -0.2) is 4.39 Å². The molecule has 2 aromatic rings. The molecular formula is C15H16FNO2. The van der Waals surface area contributed by atoms with Crippen LogP contribution in [-0.2, 0) is 6.54 Å². The summed E-state index contributed by atoms with van der Waals surface area (Å²) in [5.41, 5.74) is 2.02. The summed E-state index contributed by atoms with van der Waals surface area (Å²) in [6.07, 6.45) is 2.53. The monoisotopic (exact) mass is 261 g/mol. The fraction of sp³-hybridized carbons (Fsp3) is 0.333. The number of para-hydroxylation sites is 1. The summed E-state index contributed by atoms with van der Waals surface area (Å²) in [6.45, 7) is 3.19. The molecule has 1 aliphatic rings. The van der Waals surface area contributed by atoms with Gasteiger partial charge in [0.2, 0.25) is 0 Å². The molecule has 1 N–H and O–H groups in total. The van der Waals surface area contributed by atoms with Crippen LogP contribution in [0.1, 0.15) is 29.3 Å². The van der Waals surface area contributed by atoms with E-state index >= 15 is 0 Å². The van der Waals surface area contributed by atoms with Crippen LogP contribution in [-0.4, -0.2) is 6.61 Å². The molecule has 3 nitrogen and oxygen atoms in total. The molecule has 0 saturated heterocycles. The second kappa shape index (κ2) is 5.05. The number of hydrogen-bond donors (Lipinski definition) is 1. The lowest BCUT2D eigenvalue weighted by molar-refractivity contribution is 0.240. The molecule has 19 heavy (non-hydrogen) atoms. The quantitative estimate of drug-likeness (QED) is 0.920. The SMILES string of the molecule is Cc1occc1CN[C@@H]1CCOc2c(F)cccc21. The third-order valence-electron chi connectivity index (χ3n) is 3.53. The Labute approximate surface area is 111 Å². The summed E-state index contributed by atoms with van der Waals surface area (Å²) in [7, 11) is 0. The van der Waals surface area contributed by atoms with Crippen molar-refractivity contribution in [2.24, 2.45) is 0 Å². The van der Waals surface area contributed by atoms with E-state index in [-0.39, 0.29) is 11.9 Å². The van der Waals surface area contributed by atoms with Crippen molar-refractivity contribution in [2.75, 3.05) is 6.61 Å². The fourth-order valence-corrected chi connectivity index (χ4v) is 2.43. The van der Waals surface area contributed by atoms with Gasteiger partial charge in [-0.3, -0.25) is 0 Å². The summed E-state index contributed by atoms with van der Waals surface area (Å²) in [5, 5.41) is 3.44. The maximum Gasteiger partial charge on any atom is 0.165 e. The zero-order chi connectivity index (χ0) is 13.2. The van der Waals surface area contributed by atoms with Gasteiger partial charge in [-0.1, -0.05) is 12.1 Å². The molecule has 1 aromatic heterocycles. The topological polar surface area (TPSA) is 34.4 Å². The highest BCUT2D eigenvalue weighted by molar-refractivity contribution is 5.38. The molecule has 0 amide bonds. The van der Waals surface area contributed by atoms with E-state index in [4.69, 9.17) is 9.15 Å². The Morgan fingerprint density at radius 2 is 2.26 bits per heavy atom. The first-order chi connectivity index (χ1) is 9.25. The number of ether oxygens (including phenoxy) is 1. The Hall–Kier alpha value is -1.81. The maximum atomic E-state index is 13.7. The molecule has 0 aliphatic carbocycles. The minimum atomic E-state index is -0.288. The van der Waals surface area contributed by atoms with Crippen molar-refractivity contribution in [3.8, 4) is 5.75 Å². The fourth-order valence-electron chi connectivity index (χ4n) is 2.43. The molecule has 3 rings (SSSR count). The summed E-state index contributed by atoms with van der Waals surface area (Å²) in [5.74, 6) is 1.01. The standard InChI is InChI=1S/C15H16FNO2/c1-10-11(5-7-18-10)9-17-14-6-8-19-15-12(14)3-2-4-13(15)16/h2-5,7,14,17H,6,8-9H2,1H3/t14-/m1/s1. The number of fused-ring (bicyclic) bond motifs is 1. The van der Waals surface area contributed by atoms with Crippen LogP contribution in [0.3, 0.4) is 0 Å². The highest BCUT2D eigenvalue weighted by Crippen LogP contribution is 2.34. The molecule has 0 radical (unpaired) electrons. The predicted octanol–water partition coefficient (Wildman–Crippen LogP) is 3.34. The third kappa shape index (κ3) is 2.36. The van der Waals surface area contributed by atoms with Crippen LogP contribution >= 0.6 is 0 Å². The molecule has 1 aliphatic heterocycles. The minimum absolute atomic E-state index is 0.119. The van der Waals surface area contributed by atoms with Crippen LogP contribution in [0.25, 0.3) is 0 Å². The number of halogens is 1. The molecular weight excluding hydrogens is 245 g/mol. The zero-order valence-corrected chi connectivity index (χ0v) is 10.8. The van der Waals surface area contributed by atoms with Crippen LogP contribution in [0.4, 0.5) is 4.39 Å². The minimum Gasteiger partial charge on any atom is -0.490 e. The van der Waals surface area contributed by atoms with Gasteiger partial charge in [0.05, 0.1) is 12.9 Å². The maximum absolute atomic E-state index is 13.7. The largest absolute Gasteiger partial charge is 0.490 e. The molecule has 100 valence electrons. The number of aryl methyl sites for hydroxylation is 1. The van der Waals surface area contributed by atoms with Gasteiger partial charge >= 0.3 is 0 Å². The lowest BCUT2D eigenvalue weighted by Crippen LogP contribution is -2.27. The second-order valence-electron chi connectivity index (χ2n) is 4.73. The van der Waals surface area contributed by atoms with Gasteiger partial charge in [0.15, 0.2) is 11.6 Å². The lowest BCUT2D eigenvalue weighted by Gasteiger charge is -2.27. The van der Waals surface area contributed by atoms with E-state index in [0.29, 0.717) is 18.9 Å². The lowest BCUT2D eigenvalue weighted by atomic mass is 10.00. The van der Waals surface area contributed by atoms with Crippen LogP contribution in [0.5, 0.6) is 5.75 Å². The van der Waals surface area contributed by atoms with Crippen LogP contribution in [0.15, 0.2) is 34.9 Å². The van der Waals surface area contributed by atoms with Crippen molar-refractivity contribution in [1.82, 2.24) is 5.32 Å². The van der Waals surface area contributed by atoms with Crippen LogP contribution in [0.2, 0.25) is 0 Å². The zero-order valence-electron chi connectivity index (χ0n) is 10.8. The Morgan fingerprint density at radius 3 is 3.05 bits per heavy atom. The molecule has 2 heterocycles. The first-order valence-electron chi connectivity index (χ1n) is 6.43. The number of rotatable bonds is 3. The molecule has 4 heteroatoms. The van der Waals surface area contributed by atoms with E-state index in [1.165, 1.54) is 6.07 Å². The van der Waals surface area contributed by atoms with Crippen molar-refractivity contribution in [3.05, 3.63) is 53.2 Å². The molecule has 0 fully saturated rings. The van der Waals surface area contributed by atoms with Crippen molar-refractivity contribution < 1.29 is 13.5 Å². The Bertz CT molecular complexity index is 579. The number of benzene rings is 1. The van der Waals surface area contributed by atoms with Gasteiger partial charge in [-0.2, -0.15) is 0 Å². The van der Waals surface area contributed by atoms with Crippen LogP contribution < -0.4 is 10.1 Å². The number of nitrogens with one attached hydrogen (secondary N) is 1. The smallest absolute Gasteiger partial charge is 0.165 e. The Balaban J connectivity index is 1.77. The van der Waals surface area contributed by atoms with E-state index in [1.807, 2.05) is 19.1 Å².